The second kappa shape index (κ2) is 5.18. The zero-order valence-corrected chi connectivity index (χ0v) is 13.2. The quantitative estimate of drug-likeness (QED) is 0.487. The summed E-state index contributed by atoms with van der Waals surface area (Å²) in [6.07, 6.45) is 1.37. The van der Waals surface area contributed by atoms with E-state index in [1.54, 1.807) is 3.97 Å². The van der Waals surface area contributed by atoms with E-state index in [2.05, 4.69) is 32.6 Å². The van der Waals surface area contributed by atoms with Crippen LogP contribution in [0.4, 0.5) is 0 Å². The highest BCUT2D eigenvalue weighted by atomic mass is 127. The maximum Gasteiger partial charge on any atom is 0.159 e. The molecule has 4 nitrogen and oxygen atoms in total. The Morgan fingerprint density at radius 3 is 2.68 bits per heavy atom. The minimum Gasteiger partial charge on any atom is -0.232 e. The van der Waals surface area contributed by atoms with Crippen LogP contribution in [0.5, 0.6) is 0 Å². The maximum absolute atomic E-state index is 12.6. The fraction of sp³-hybridized carbons (Fsp3) is 0. The first-order valence-corrected chi connectivity index (χ1v) is 7.89. The lowest BCUT2D eigenvalue weighted by atomic mass is 10.4. The van der Waals surface area contributed by atoms with Gasteiger partial charge in [0.15, 0.2) is 16.6 Å². The summed E-state index contributed by atoms with van der Waals surface area (Å²) < 4.78 is 15.1. The van der Waals surface area contributed by atoms with Gasteiger partial charge in [-0.15, -0.1) is 0 Å². The summed E-state index contributed by atoms with van der Waals surface area (Å²) in [6.45, 7) is 0. The second-order valence-electron chi connectivity index (χ2n) is 3.73. The first-order chi connectivity index (χ1) is 9.18. The van der Waals surface area contributed by atoms with E-state index in [-0.39, 0.29) is 0 Å². The highest BCUT2D eigenvalue weighted by Gasteiger charge is 2.17. The van der Waals surface area contributed by atoms with Crippen LogP contribution >= 0.6 is 34.2 Å². The van der Waals surface area contributed by atoms with E-state index in [0.717, 1.165) is 3.70 Å². The molecule has 0 spiro atoms. The molecule has 3 rings (SSSR count). The van der Waals surface area contributed by atoms with Crippen LogP contribution in [0.1, 0.15) is 0 Å². The minimum absolute atomic E-state index is 0.367. The summed E-state index contributed by atoms with van der Waals surface area (Å²) >= 11 is 8.14. The molecular weight excluding hydrogens is 397 g/mol. The lowest BCUT2D eigenvalue weighted by Gasteiger charge is -2.05. The molecule has 7 heteroatoms. The third-order valence-corrected chi connectivity index (χ3v) is 5.37. The molecule has 3 aromatic rings. The van der Waals surface area contributed by atoms with Crippen LogP contribution in [-0.4, -0.2) is 18.1 Å². The number of halogens is 2. The first-order valence-electron chi connectivity index (χ1n) is 5.33. The molecular formula is C12H7ClIN3OS. The lowest BCUT2D eigenvalue weighted by Crippen LogP contribution is -2.07. The Morgan fingerprint density at radius 1 is 1.21 bits per heavy atom. The molecule has 0 bridgehead atoms. The standard InChI is InChI=1S/C12H7ClIN3OS/c13-11-9-6-10(14)17(12(9)16-7-15-11)19(18)8-4-2-1-3-5-8/h1-7H. The van der Waals surface area contributed by atoms with Crippen molar-refractivity contribution in [2.45, 2.75) is 4.90 Å². The molecule has 0 aliphatic rings. The van der Waals surface area contributed by atoms with Gasteiger partial charge in [0, 0.05) is 0 Å². The van der Waals surface area contributed by atoms with Gasteiger partial charge in [0.25, 0.3) is 0 Å². The van der Waals surface area contributed by atoms with Gasteiger partial charge in [-0.2, -0.15) is 0 Å². The Kier molecular flexibility index (Phi) is 3.55. The van der Waals surface area contributed by atoms with Crippen LogP contribution in [0, 0.1) is 3.70 Å². The highest BCUT2D eigenvalue weighted by molar-refractivity contribution is 14.1. The summed E-state index contributed by atoms with van der Waals surface area (Å²) in [6, 6.07) is 11.1. The van der Waals surface area contributed by atoms with Crippen molar-refractivity contribution in [2.75, 3.05) is 0 Å². The summed E-state index contributed by atoms with van der Waals surface area (Å²) in [4.78, 5) is 8.83. The molecule has 0 saturated heterocycles. The Labute approximate surface area is 130 Å². The van der Waals surface area contributed by atoms with Gasteiger partial charge >= 0.3 is 0 Å². The average Bonchev–Trinajstić information content (AvgIpc) is 2.77. The Hall–Kier alpha value is -0.990. The van der Waals surface area contributed by atoms with Crippen molar-refractivity contribution in [1.82, 2.24) is 13.9 Å². The smallest absolute Gasteiger partial charge is 0.159 e. The van der Waals surface area contributed by atoms with Crippen LogP contribution in [0.2, 0.25) is 5.15 Å². The van der Waals surface area contributed by atoms with Gasteiger partial charge in [0.05, 0.1) is 14.0 Å². The van der Waals surface area contributed by atoms with Gasteiger partial charge in [-0.05, 0) is 40.8 Å². The molecule has 0 radical (unpaired) electrons. The number of fused-ring (bicyclic) bond motifs is 1. The number of hydrogen-bond donors (Lipinski definition) is 0. The fourth-order valence-corrected chi connectivity index (χ4v) is 4.10. The largest absolute Gasteiger partial charge is 0.232 e. The van der Waals surface area contributed by atoms with Crippen LogP contribution in [0.3, 0.4) is 0 Å². The molecule has 0 fully saturated rings. The Morgan fingerprint density at radius 2 is 1.95 bits per heavy atom. The zero-order valence-electron chi connectivity index (χ0n) is 9.46. The summed E-state index contributed by atoms with van der Waals surface area (Å²) in [5.74, 6) is 0. The SMILES string of the molecule is O=S(c1ccccc1)n1c(I)cc2c(Cl)ncnc21. The molecule has 0 amide bonds. The van der Waals surface area contributed by atoms with E-state index in [1.165, 1.54) is 6.33 Å². The zero-order chi connectivity index (χ0) is 13.4. The molecule has 1 atom stereocenters. The molecule has 2 aromatic heterocycles. The van der Waals surface area contributed by atoms with Gasteiger partial charge < -0.3 is 0 Å². The number of rotatable bonds is 2. The maximum atomic E-state index is 12.6. The number of hydrogen-bond acceptors (Lipinski definition) is 3. The Balaban J connectivity index is 2.24. The third kappa shape index (κ3) is 2.28. The summed E-state index contributed by atoms with van der Waals surface area (Å²) in [5.41, 5.74) is 0.576. The van der Waals surface area contributed by atoms with Crippen molar-refractivity contribution in [1.29, 1.82) is 0 Å². The molecule has 0 aliphatic heterocycles. The van der Waals surface area contributed by atoms with Crippen LogP contribution in [0.25, 0.3) is 11.0 Å². The van der Waals surface area contributed by atoms with Gasteiger partial charge in [0.1, 0.15) is 11.5 Å². The topological polar surface area (TPSA) is 47.8 Å². The van der Waals surface area contributed by atoms with Crippen molar-refractivity contribution in [3.05, 3.63) is 51.6 Å². The van der Waals surface area contributed by atoms with Gasteiger partial charge in [-0.3, -0.25) is 0 Å². The number of nitrogens with zero attached hydrogens (tertiary/aromatic N) is 3. The molecule has 2 heterocycles. The molecule has 0 aliphatic carbocycles. The van der Waals surface area contributed by atoms with Gasteiger partial charge in [-0.1, -0.05) is 29.8 Å². The van der Waals surface area contributed by atoms with E-state index in [4.69, 9.17) is 11.6 Å². The van der Waals surface area contributed by atoms with Crippen LogP contribution in [-0.2, 0) is 11.0 Å². The average molecular weight is 404 g/mol. The fourth-order valence-electron chi connectivity index (χ4n) is 1.73. The number of aromatic nitrogens is 3. The first kappa shape index (κ1) is 13.0. The predicted molar refractivity (Wildman–Crippen MR) is 83.5 cm³/mol. The van der Waals surface area contributed by atoms with Crippen LogP contribution in [0.15, 0.2) is 47.6 Å². The van der Waals surface area contributed by atoms with E-state index >= 15 is 0 Å². The van der Waals surface area contributed by atoms with Gasteiger partial charge in [0.2, 0.25) is 0 Å². The van der Waals surface area contributed by atoms with E-state index in [1.807, 2.05) is 36.4 Å². The second-order valence-corrected chi connectivity index (χ2v) is 6.52. The minimum atomic E-state index is -1.35. The molecule has 0 N–H and O–H groups in total. The molecule has 1 unspecified atom stereocenters. The molecule has 96 valence electrons. The van der Waals surface area contributed by atoms with E-state index in [9.17, 15) is 4.21 Å². The monoisotopic (exact) mass is 403 g/mol. The van der Waals surface area contributed by atoms with Crippen molar-refractivity contribution in [3.8, 4) is 0 Å². The summed E-state index contributed by atoms with van der Waals surface area (Å²) in [5, 5.41) is 1.07. The van der Waals surface area contributed by atoms with Crippen LogP contribution < -0.4 is 0 Å². The molecule has 1 aromatic carbocycles. The van der Waals surface area contributed by atoms with Gasteiger partial charge in [-0.25, -0.2) is 18.1 Å². The number of benzene rings is 1. The predicted octanol–water partition coefficient (Wildman–Crippen LogP) is 3.26. The lowest BCUT2D eigenvalue weighted by molar-refractivity contribution is 0.677. The normalized spacial score (nSPS) is 12.7. The van der Waals surface area contributed by atoms with E-state index < -0.39 is 11.0 Å². The third-order valence-electron chi connectivity index (χ3n) is 2.57. The molecule has 19 heavy (non-hydrogen) atoms. The van der Waals surface area contributed by atoms with Crippen molar-refractivity contribution < 1.29 is 4.21 Å². The van der Waals surface area contributed by atoms with Crippen molar-refractivity contribution in [3.63, 3.8) is 0 Å². The highest BCUT2D eigenvalue weighted by Crippen LogP contribution is 2.26. The Bertz CT molecular complexity index is 775. The summed E-state index contributed by atoms with van der Waals surface area (Å²) in [7, 11) is -1.35. The molecule has 0 saturated carbocycles. The van der Waals surface area contributed by atoms with Crippen molar-refractivity contribution in [2.24, 2.45) is 0 Å². The van der Waals surface area contributed by atoms with Crippen molar-refractivity contribution >= 4 is 56.2 Å². The van der Waals surface area contributed by atoms with E-state index in [0.29, 0.717) is 21.1 Å².